The van der Waals surface area contributed by atoms with Gasteiger partial charge < -0.3 is 20.5 Å². The largest absolute Gasteiger partial charge is 0.355 e. The van der Waals surface area contributed by atoms with Crippen LogP contribution in [0, 0.1) is 5.92 Å². The number of nitrogens with one attached hydrogen (secondary N) is 1. The lowest BCUT2D eigenvalue weighted by atomic mass is 9.97. The Morgan fingerprint density at radius 3 is 2.88 bits per heavy atom. The van der Waals surface area contributed by atoms with Crippen LogP contribution in [0.4, 0.5) is 4.79 Å². The average molecular weight is 343 g/mol. The van der Waals surface area contributed by atoms with Crippen molar-refractivity contribution in [1.82, 2.24) is 20.4 Å². The van der Waals surface area contributed by atoms with E-state index in [0.29, 0.717) is 37.8 Å². The molecule has 1 aromatic carbocycles. The highest BCUT2D eigenvalue weighted by Crippen LogP contribution is 2.17. The van der Waals surface area contributed by atoms with Gasteiger partial charge in [0.05, 0.1) is 5.92 Å². The molecule has 3 amide bonds. The second kappa shape index (κ2) is 7.78. The predicted molar refractivity (Wildman–Crippen MR) is 90.3 cm³/mol. The van der Waals surface area contributed by atoms with Gasteiger partial charge in [-0.3, -0.25) is 4.79 Å². The van der Waals surface area contributed by atoms with Crippen LogP contribution in [-0.4, -0.2) is 46.6 Å². The molecule has 0 spiro atoms. The number of rotatable bonds is 5. The number of nitrogens with two attached hydrogens (primary N) is 1. The minimum Gasteiger partial charge on any atom is -0.355 e. The number of hydrogen-bond donors (Lipinski definition) is 2. The molecule has 3 rings (SSSR count). The predicted octanol–water partition coefficient (Wildman–Crippen LogP) is 1.19. The third-order valence-corrected chi connectivity index (χ3v) is 4.24. The molecular weight excluding hydrogens is 322 g/mol. The minimum atomic E-state index is -0.474. The third-order valence-electron chi connectivity index (χ3n) is 4.24. The highest BCUT2D eigenvalue weighted by Gasteiger charge is 2.27. The van der Waals surface area contributed by atoms with E-state index in [4.69, 9.17) is 10.3 Å². The average Bonchev–Trinajstić information content (AvgIpc) is 3.11. The first kappa shape index (κ1) is 16.9. The van der Waals surface area contributed by atoms with E-state index in [-0.39, 0.29) is 11.8 Å². The number of hydrogen-bond acceptors (Lipinski definition) is 5. The van der Waals surface area contributed by atoms with Crippen LogP contribution in [0.3, 0.4) is 0 Å². The Morgan fingerprint density at radius 2 is 2.12 bits per heavy atom. The monoisotopic (exact) mass is 343 g/mol. The SMILES string of the molecule is NC(=O)N1CCC[C@@H](C(=O)NCCc2noc(-c3ccccc3)n2)C1. The molecule has 132 valence electrons. The summed E-state index contributed by atoms with van der Waals surface area (Å²) >= 11 is 0. The Bertz CT molecular complexity index is 731. The van der Waals surface area contributed by atoms with Crippen molar-refractivity contribution in [3.8, 4) is 11.5 Å². The maximum absolute atomic E-state index is 12.2. The highest BCUT2D eigenvalue weighted by molar-refractivity contribution is 5.80. The van der Waals surface area contributed by atoms with Gasteiger partial charge in [-0.05, 0) is 25.0 Å². The number of primary amides is 1. The van der Waals surface area contributed by atoms with Crippen molar-refractivity contribution >= 4 is 11.9 Å². The van der Waals surface area contributed by atoms with Crippen LogP contribution in [0.2, 0.25) is 0 Å². The first-order chi connectivity index (χ1) is 12.1. The standard InChI is InChI=1S/C17H21N5O3/c18-17(24)22-10-4-7-13(11-22)15(23)19-9-8-14-20-16(25-21-14)12-5-2-1-3-6-12/h1-3,5-6,13H,4,7-11H2,(H2,18,24)(H,19,23)/t13-/m1/s1. The molecule has 0 bridgehead atoms. The van der Waals surface area contributed by atoms with Gasteiger partial charge in [0.1, 0.15) is 0 Å². The van der Waals surface area contributed by atoms with E-state index < -0.39 is 6.03 Å². The smallest absolute Gasteiger partial charge is 0.314 e. The van der Waals surface area contributed by atoms with Crippen molar-refractivity contribution in [1.29, 1.82) is 0 Å². The summed E-state index contributed by atoms with van der Waals surface area (Å²) < 4.78 is 5.23. The van der Waals surface area contributed by atoms with E-state index in [1.165, 1.54) is 4.90 Å². The summed E-state index contributed by atoms with van der Waals surface area (Å²) in [4.78, 5) is 29.3. The zero-order chi connectivity index (χ0) is 17.6. The molecule has 8 heteroatoms. The molecule has 0 aliphatic carbocycles. The number of carbonyl (C=O) groups excluding carboxylic acids is 2. The fourth-order valence-electron chi connectivity index (χ4n) is 2.89. The Labute approximate surface area is 145 Å². The number of carbonyl (C=O) groups is 2. The molecule has 25 heavy (non-hydrogen) atoms. The van der Waals surface area contributed by atoms with Crippen LogP contribution in [0.5, 0.6) is 0 Å². The van der Waals surface area contributed by atoms with Crippen LogP contribution in [-0.2, 0) is 11.2 Å². The van der Waals surface area contributed by atoms with Gasteiger partial charge in [0.25, 0.3) is 5.89 Å². The fraction of sp³-hybridized carbons (Fsp3) is 0.412. The van der Waals surface area contributed by atoms with Crippen molar-refractivity contribution in [3.63, 3.8) is 0 Å². The summed E-state index contributed by atoms with van der Waals surface area (Å²) in [5.74, 6) is 0.719. The molecule has 8 nitrogen and oxygen atoms in total. The molecule has 1 aliphatic rings. The molecule has 3 N–H and O–H groups in total. The zero-order valence-electron chi connectivity index (χ0n) is 13.9. The van der Waals surface area contributed by atoms with Gasteiger partial charge in [-0.15, -0.1) is 0 Å². The fourth-order valence-corrected chi connectivity index (χ4v) is 2.89. The third kappa shape index (κ3) is 4.34. The molecule has 0 saturated carbocycles. The lowest BCUT2D eigenvalue weighted by Gasteiger charge is -2.30. The Hall–Kier alpha value is -2.90. The summed E-state index contributed by atoms with van der Waals surface area (Å²) in [6.45, 7) is 1.41. The number of benzene rings is 1. The Balaban J connectivity index is 1.47. The lowest BCUT2D eigenvalue weighted by Crippen LogP contribution is -2.47. The maximum atomic E-state index is 12.2. The minimum absolute atomic E-state index is 0.0715. The summed E-state index contributed by atoms with van der Waals surface area (Å²) in [7, 11) is 0. The van der Waals surface area contributed by atoms with Crippen LogP contribution in [0.15, 0.2) is 34.9 Å². The topological polar surface area (TPSA) is 114 Å². The van der Waals surface area contributed by atoms with Gasteiger partial charge in [0.15, 0.2) is 5.82 Å². The van der Waals surface area contributed by atoms with Crippen molar-refractivity contribution in [2.45, 2.75) is 19.3 Å². The van der Waals surface area contributed by atoms with Crippen molar-refractivity contribution in [3.05, 3.63) is 36.2 Å². The van der Waals surface area contributed by atoms with Crippen molar-refractivity contribution in [2.24, 2.45) is 11.7 Å². The zero-order valence-corrected chi connectivity index (χ0v) is 13.9. The summed E-state index contributed by atoms with van der Waals surface area (Å²) in [6, 6.07) is 9.04. The van der Waals surface area contributed by atoms with Crippen LogP contribution in [0.25, 0.3) is 11.5 Å². The number of piperidine rings is 1. The first-order valence-electron chi connectivity index (χ1n) is 8.33. The first-order valence-corrected chi connectivity index (χ1v) is 8.33. The normalized spacial score (nSPS) is 17.3. The number of amides is 3. The van der Waals surface area contributed by atoms with Gasteiger partial charge in [-0.1, -0.05) is 23.4 Å². The molecule has 0 radical (unpaired) electrons. The maximum Gasteiger partial charge on any atom is 0.314 e. The molecule has 1 aliphatic heterocycles. The highest BCUT2D eigenvalue weighted by atomic mass is 16.5. The summed E-state index contributed by atoms with van der Waals surface area (Å²) in [5, 5.41) is 6.80. The van der Waals surface area contributed by atoms with E-state index in [9.17, 15) is 9.59 Å². The van der Waals surface area contributed by atoms with E-state index in [1.807, 2.05) is 30.3 Å². The number of urea groups is 1. The van der Waals surface area contributed by atoms with Gasteiger partial charge in [-0.2, -0.15) is 4.98 Å². The quantitative estimate of drug-likeness (QED) is 0.846. The van der Waals surface area contributed by atoms with E-state index in [1.54, 1.807) is 0 Å². The molecule has 1 atom stereocenters. The molecular formula is C17H21N5O3. The van der Waals surface area contributed by atoms with Crippen LogP contribution < -0.4 is 11.1 Å². The molecule has 1 fully saturated rings. The lowest BCUT2D eigenvalue weighted by molar-refractivity contribution is -0.126. The van der Waals surface area contributed by atoms with Crippen LogP contribution in [0.1, 0.15) is 18.7 Å². The molecule has 2 aromatic rings. The molecule has 2 heterocycles. The van der Waals surface area contributed by atoms with E-state index in [2.05, 4.69) is 15.5 Å². The van der Waals surface area contributed by atoms with Gasteiger partial charge >= 0.3 is 6.03 Å². The van der Waals surface area contributed by atoms with Gasteiger partial charge in [-0.25, -0.2) is 4.79 Å². The number of aromatic nitrogens is 2. The van der Waals surface area contributed by atoms with Crippen molar-refractivity contribution < 1.29 is 14.1 Å². The Kier molecular flexibility index (Phi) is 5.27. The van der Waals surface area contributed by atoms with Gasteiger partial charge in [0, 0.05) is 31.6 Å². The molecule has 1 aromatic heterocycles. The van der Waals surface area contributed by atoms with E-state index >= 15 is 0 Å². The van der Waals surface area contributed by atoms with Crippen LogP contribution >= 0.6 is 0 Å². The number of likely N-dealkylation sites (tertiary alicyclic amines) is 1. The second-order valence-corrected chi connectivity index (χ2v) is 6.05. The molecule has 1 saturated heterocycles. The second-order valence-electron chi connectivity index (χ2n) is 6.05. The van der Waals surface area contributed by atoms with Crippen molar-refractivity contribution in [2.75, 3.05) is 19.6 Å². The molecule has 0 unspecified atom stereocenters. The number of nitrogens with zero attached hydrogens (tertiary/aromatic N) is 3. The summed E-state index contributed by atoms with van der Waals surface area (Å²) in [6.07, 6.45) is 2.02. The summed E-state index contributed by atoms with van der Waals surface area (Å²) in [5.41, 5.74) is 6.14. The van der Waals surface area contributed by atoms with E-state index in [0.717, 1.165) is 18.4 Å². The Morgan fingerprint density at radius 1 is 1.32 bits per heavy atom. The van der Waals surface area contributed by atoms with Gasteiger partial charge in [0.2, 0.25) is 5.91 Å².